The van der Waals surface area contributed by atoms with Crippen molar-refractivity contribution in [2.45, 2.75) is 0 Å². The van der Waals surface area contributed by atoms with Gasteiger partial charge >= 0.3 is 0 Å². The van der Waals surface area contributed by atoms with Gasteiger partial charge in [-0.3, -0.25) is 4.99 Å². The van der Waals surface area contributed by atoms with E-state index in [1.807, 2.05) is 18.2 Å². The molecule has 0 heterocycles. The van der Waals surface area contributed by atoms with Gasteiger partial charge in [0.25, 0.3) is 0 Å². The van der Waals surface area contributed by atoms with E-state index in [0.717, 1.165) is 5.75 Å². The Morgan fingerprint density at radius 2 is 2.17 bits per heavy atom. The molecule has 0 radical (unpaired) electrons. The molecule has 0 aromatic heterocycles. The van der Waals surface area contributed by atoms with Crippen LogP contribution in [0.3, 0.4) is 0 Å². The first kappa shape index (κ1) is 15.1. The van der Waals surface area contributed by atoms with Crippen molar-refractivity contribution < 1.29 is 9.47 Å². The number of benzene rings is 1. The van der Waals surface area contributed by atoms with E-state index in [1.165, 1.54) is 11.8 Å². The number of hydrogen-bond donors (Lipinski definition) is 1. The van der Waals surface area contributed by atoms with Crippen LogP contribution in [-0.2, 0) is 4.74 Å². The molecule has 100 valence electrons. The molecule has 1 aromatic rings. The quantitative estimate of drug-likeness (QED) is 0.476. The third kappa shape index (κ3) is 6.14. The molecule has 1 aromatic carbocycles. The van der Waals surface area contributed by atoms with Crippen LogP contribution in [0, 0.1) is 0 Å². The average Bonchev–Trinajstić information content (AvgIpc) is 2.37. The van der Waals surface area contributed by atoms with E-state index in [4.69, 9.17) is 26.8 Å². The molecule has 0 atom stereocenters. The molecule has 1 rings (SSSR count). The summed E-state index contributed by atoms with van der Waals surface area (Å²) in [5.74, 6) is 1.42. The first-order valence-electron chi connectivity index (χ1n) is 5.53. The molecule has 2 N–H and O–H groups in total. The van der Waals surface area contributed by atoms with Gasteiger partial charge < -0.3 is 15.2 Å². The van der Waals surface area contributed by atoms with Crippen LogP contribution in [0.4, 0.5) is 0 Å². The smallest absolute Gasteiger partial charge is 0.154 e. The van der Waals surface area contributed by atoms with Crippen LogP contribution >= 0.6 is 23.4 Å². The number of halogens is 1. The summed E-state index contributed by atoms with van der Waals surface area (Å²) in [6, 6.07) is 7.38. The number of nitrogens with zero attached hydrogens (tertiary/aromatic N) is 1. The molecule has 0 unspecified atom stereocenters. The number of methoxy groups -OCH3 is 1. The zero-order chi connectivity index (χ0) is 13.2. The van der Waals surface area contributed by atoms with E-state index in [9.17, 15) is 0 Å². The Morgan fingerprint density at radius 1 is 1.39 bits per heavy atom. The molecule has 0 aliphatic heterocycles. The summed E-state index contributed by atoms with van der Waals surface area (Å²) in [4.78, 5) is 4.13. The number of para-hydroxylation sites is 1. The van der Waals surface area contributed by atoms with Crippen LogP contribution in [0.1, 0.15) is 0 Å². The van der Waals surface area contributed by atoms with Crippen molar-refractivity contribution in [3.63, 3.8) is 0 Å². The fraction of sp³-hybridized carbons (Fsp3) is 0.417. The standard InChI is InChI=1S/C12H17ClN2O2S/c1-16-7-6-15-12(14)18-9-8-17-11-5-3-2-4-10(11)13/h2-5H,6-9H2,1H3,(H2,14,15). The Kier molecular flexibility index (Phi) is 7.64. The fourth-order valence-electron chi connectivity index (χ4n) is 1.15. The van der Waals surface area contributed by atoms with Crippen LogP contribution < -0.4 is 10.5 Å². The lowest BCUT2D eigenvalue weighted by molar-refractivity contribution is 0.208. The maximum absolute atomic E-state index is 5.96. The summed E-state index contributed by atoms with van der Waals surface area (Å²) in [5.41, 5.74) is 5.70. The highest BCUT2D eigenvalue weighted by Gasteiger charge is 2.00. The Bertz CT molecular complexity index is 388. The second-order valence-corrected chi connectivity index (χ2v) is 4.86. The Labute approximate surface area is 117 Å². The van der Waals surface area contributed by atoms with E-state index in [0.29, 0.717) is 35.7 Å². The lowest BCUT2D eigenvalue weighted by Crippen LogP contribution is -2.12. The zero-order valence-electron chi connectivity index (χ0n) is 10.3. The van der Waals surface area contributed by atoms with Crippen molar-refractivity contribution in [1.82, 2.24) is 0 Å². The van der Waals surface area contributed by atoms with Crippen molar-refractivity contribution in [2.75, 3.05) is 32.6 Å². The van der Waals surface area contributed by atoms with Crippen LogP contribution in [0.25, 0.3) is 0 Å². The topological polar surface area (TPSA) is 56.8 Å². The second kappa shape index (κ2) is 9.08. The Balaban J connectivity index is 2.19. The number of amidine groups is 1. The highest BCUT2D eigenvalue weighted by molar-refractivity contribution is 8.13. The van der Waals surface area contributed by atoms with Gasteiger partial charge in [0, 0.05) is 12.9 Å². The average molecular weight is 289 g/mol. The molecular weight excluding hydrogens is 272 g/mol. The zero-order valence-corrected chi connectivity index (χ0v) is 11.8. The molecule has 0 spiro atoms. The predicted octanol–water partition coefficient (Wildman–Crippen LogP) is 2.41. The minimum absolute atomic E-state index is 0.537. The third-order valence-corrected chi connectivity index (χ3v) is 3.10. The monoisotopic (exact) mass is 288 g/mol. The van der Waals surface area contributed by atoms with Gasteiger partial charge in [-0.25, -0.2) is 0 Å². The van der Waals surface area contributed by atoms with Crippen molar-refractivity contribution in [3.05, 3.63) is 29.3 Å². The minimum atomic E-state index is 0.537. The van der Waals surface area contributed by atoms with Gasteiger partial charge in [-0.05, 0) is 12.1 Å². The van der Waals surface area contributed by atoms with E-state index >= 15 is 0 Å². The molecule has 0 bridgehead atoms. The molecule has 6 heteroatoms. The molecule has 0 aliphatic rings. The van der Waals surface area contributed by atoms with Gasteiger partial charge in [0.1, 0.15) is 5.75 Å². The number of aliphatic imine (C=N–C) groups is 1. The predicted molar refractivity (Wildman–Crippen MR) is 77.8 cm³/mol. The van der Waals surface area contributed by atoms with Crippen LogP contribution in [0.15, 0.2) is 29.3 Å². The van der Waals surface area contributed by atoms with Gasteiger partial charge in [0.15, 0.2) is 5.17 Å². The lowest BCUT2D eigenvalue weighted by atomic mass is 10.3. The van der Waals surface area contributed by atoms with Gasteiger partial charge in [-0.15, -0.1) is 0 Å². The third-order valence-electron chi connectivity index (χ3n) is 1.99. The van der Waals surface area contributed by atoms with E-state index in [2.05, 4.69) is 4.99 Å². The molecule has 0 aliphatic carbocycles. The Morgan fingerprint density at radius 3 is 2.89 bits per heavy atom. The Hall–Kier alpha value is -0.910. The van der Waals surface area contributed by atoms with Crippen molar-refractivity contribution >= 4 is 28.5 Å². The van der Waals surface area contributed by atoms with Crippen LogP contribution in [0.2, 0.25) is 5.02 Å². The largest absolute Gasteiger partial charge is 0.491 e. The van der Waals surface area contributed by atoms with E-state index in [-0.39, 0.29) is 0 Å². The lowest BCUT2D eigenvalue weighted by Gasteiger charge is -2.07. The molecule has 4 nitrogen and oxygen atoms in total. The molecule has 0 fully saturated rings. The summed E-state index contributed by atoms with van der Waals surface area (Å²) >= 11 is 7.41. The minimum Gasteiger partial charge on any atom is -0.491 e. The number of nitrogens with two attached hydrogens (primary N) is 1. The van der Waals surface area contributed by atoms with Crippen LogP contribution in [-0.4, -0.2) is 37.8 Å². The maximum atomic E-state index is 5.96. The summed E-state index contributed by atoms with van der Waals surface area (Å²) in [6.45, 7) is 1.70. The first-order chi connectivity index (χ1) is 8.74. The van der Waals surface area contributed by atoms with Crippen molar-refractivity contribution in [2.24, 2.45) is 10.7 Å². The molecular formula is C12H17ClN2O2S. The normalized spacial score (nSPS) is 11.6. The van der Waals surface area contributed by atoms with Gasteiger partial charge in [0.05, 0.1) is 24.8 Å². The number of ether oxygens (including phenoxy) is 2. The van der Waals surface area contributed by atoms with Crippen LogP contribution in [0.5, 0.6) is 5.75 Å². The summed E-state index contributed by atoms with van der Waals surface area (Å²) in [7, 11) is 1.64. The van der Waals surface area contributed by atoms with Gasteiger partial charge in [0.2, 0.25) is 0 Å². The highest BCUT2D eigenvalue weighted by atomic mass is 35.5. The second-order valence-electron chi connectivity index (χ2n) is 3.34. The van der Waals surface area contributed by atoms with Crippen molar-refractivity contribution in [1.29, 1.82) is 0 Å². The molecule has 0 saturated heterocycles. The molecule has 18 heavy (non-hydrogen) atoms. The van der Waals surface area contributed by atoms with E-state index < -0.39 is 0 Å². The first-order valence-corrected chi connectivity index (χ1v) is 6.89. The van der Waals surface area contributed by atoms with Gasteiger partial charge in [-0.2, -0.15) is 0 Å². The maximum Gasteiger partial charge on any atom is 0.154 e. The number of thioether (sulfide) groups is 1. The number of rotatable bonds is 7. The summed E-state index contributed by atoms with van der Waals surface area (Å²) in [5, 5.41) is 1.17. The summed E-state index contributed by atoms with van der Waals surface area (Å²) < 4.78 is 10.4. The SMILES string of the molecule is COCCN=C(N)SCCOc1ccccc1Cl. The highest BCUT2D eigenvalue weighted by Crippen LogP contribution is 2.23. The molecule has 0 saturated carbocycles. The fourth-order valence-corrected chi connectivity index (χ4v) is 1.90. The molecule has 0 amide bonds. The van der Waals surface area contributed by atoms with Crippen molar-refractivity contribution in [3.8, 4) is 5.75 Å². The van der Waals surface area contributed by atoms with E-state index in [1.54, 1.807) is 13.2 Å². The summed E-state index contributed by atoms with van der Waals surface area (Å²) in [6.07, 6.45) is 0. The van der Waals surface area contributed by atoms with Gasteiger partial charge in [-0.1, -0.05) is 35.5 Å². The number of hydrogen-bond acceptors (Lipinski definition) is 4.